The van der Waals surface area contributed by atoms with E-state index in [0.717, 1.165) is 33.2 Å². The molecule has 0 spiro atoms. The van der Waals surface area contributed by atoms with Crippen molar-refractivity contribution in [3.8, 4) is 0 Å². The summed E-state index contributed by atoms with van der Waals surface area (Å²) in [5.74, 6) is 1.80. The summed E-state index contributed by atoms with van der Waals surface area (Å²) in [7, 11) is 0. The molecule has 0 atom stereocenters. The van der Waals surface area contributed by atoms with Gasteiger partial charge in [0.25, 0.3) is 0 Å². The van der Waals surface area contributed by atoms with Gasteiger partial charge in [-0.25, -0.2) is 0 Å². The number of aryl methyl sites for hydroxylation is 1. The number of benzene rings is 2. The SMILES string of the molecule is Cc1cc(Br)ccc1NC(=O)CSc1nnc(C2CC2)n1Cc1ccccc1. The smallest absolute Gasteiger partial charge is 0.234 e. The molecule has 1 aliphatic rings. The minimum atomic E-state index is -0.0438. The van der Waals surface area contributed by atoms with Gasteiger partial charge >= 0.3 is 0 Å². The molecule has 1 amide bonds. The summed E-state index contributed by atoms with van der Waals surface area (Å²) in [5, 5.41) is 12.6. The fourth-order valence-corrected chi connectivity index (χ4v) is 4.27. The molecule has 5 nitrogen and oxygen atoms in total. The van der Waals surface area contributed by atoms with E-state index in [9.17, 15) is 4.79 Å². The monoisotopic (exact) mass is 456 g/mol. The first-order valence-corrected chi connectivity index (χ1v) is 11.0. The van der Waals surface area contributed by atoms with E-state index in [1.54, 1.807) is 0 Å². The molecule has 144 valence electrons. The maximum atomic E-state index is 12.4. The first-order valence-electron chi connectivity index (χ1n) is 9.26. The Morgan fingerprint density at radius 3 is 2.71 bits per heavy atom. The summed E-state index contributed by atoms with van der Waals surface area (Å²) >= 11 is 4.88. The van der Waals surface area contributed by atoms with Gasteiger partial charge in [0.15, 0.2) is 5.16 Å². The molecular formula is C21H21BrN4OS. The summed E-state index contributed by atoms with van der Waals surface area (Å²) in [5.41, 5.74) is 3.06. The van der Waals surface area contributed by atoms with Crippen molar-refractivity contribution in [2.45, 2.75) is 37.4 Å². The summed E-state index contributed by atoms with van der Waals surface area (Å²) in [4.78, 5) is 12.4. The van der Waals surface area contributed by atoms with Crippen LogP contribution >= 0.6 is 27.7 Å². The van der Waals surface area contributed by atoms with E-state index in [4.69, 9.17) is 0 Å². The quantitative estimate of drug-likeness (QED) is 0.507. The summed E-state index contributed by atoms with van der Waals surface area (Å²) in [6.07, 6.45) is 2.34. The maximum absolute atomic E-state index is 12.4. The molecule has 2 aromatic carbocycles. The number of aromatic nitrogens is 3. The number of hydrogen-bond donors (Lipinski definition) is 1. The number of carbonyl (C=O) groups excluding carboxylic acids is 1. The van der Waals surface area contributed by atoms with Crippen LogP contribution in [0.1, 0.15) is 35.7 Å². The number of anilines is 1. The lowest BCUT2D eigenvalue weighted by molar-refractivity contribution is -0.113. The van der Waals surface area contributed by atoms with Crippen LogP contribution in [-0.2, 0) is 11.3 Å². The molecule has 4 rings (SSSR count). The average molecular weight is 457 g/mol. The molecule has 0 saturated heterocycles. The molecule has 1 aromatic heterocycles. The van der Waals surface area contributed by atoms with Crippen LogP contribution in [0, 0.1) is 6.92 Å². The number of thioether (sulfide) groups is 1. The fourth-order valence-electron chi connectivity index (χ4n) is 3.05. The topological polar surface area (TPSA) is 59.8 Å². The van der Waals surface area contributed by atoms with Crippen LogP contribution in [0.3, 0.4) is 0 Å². The zero-order chi connectivity index (χ0) is 19.5. The second-order valence-electron chi connectivity index (χ2n) is 6.98. The summed E-state index contributed by atoms with van der Waals surface area (Å²) in [6, 6.07) is 16.1. The number of carbonyl (C=O) groups is 1. The van der Waals surface area contributed by atoms with Crippen LogP contribution in [0.4, 0.5) is 5.69 Å². The molecule has 0 radical (unpaired) electrons. The number of nitrogens with zero attached hydrogens (tertiary/aromatic N) is 3. The molecule has 0 bridgehead atoms. The zero-order valence-corrected chi connectivity index (χ0v) is 18.0. The lowest BCUT2D eigenvalue weighted by Gasteiger charge is -2.11. The highest BCUT2D eigenvalue weighted by atomic mass is 79.9. The van der Waals surface area contributed by atoms with Crippen LogP contribution in [-0.4, -0.2) is 26.4 Å². The van der Waals surface area contributed by atoms with E-state index in [0.29, 0.717) is 11.7 Å². The van der Waals surface area contributed by atoms with Crippen LogP contribution < -0.4 is 5.32 Å². The molecule has 3 aromatic rings. The lowest BCUT2D eigenvalue weighted by atomic mass is 10.2. The molecule has 0 aliphatic heterocycles. The van der Waals surface area contributed by atoms with Gasteiger partial charge in [0, 0.05) is 16.1 Å². The second kappa shape index (κ2) is 8.49. The molecule has 1 fully saturated rings. The second-order valence-corrected chi connectivity index (χ2v) is 8.84. The third-order valence-electron chi connectivity index (χ3n) is 4.67. The zero-order valence-electron chi connectivity index (χ0n) is 15.6. The van der Waals surface area contributed by atoms with Crippen molar-refractivity contribution in [2.24, 2.45) is 0 Å². The third-order valence-corrected chi connectivity index (χ3v) is 6.13. The average Bonchev–Trinajstić information content (AvgIpc) is 3.45. The van der Waals surface area contributed by atoms with Crippen LogP contribution in [0.15, 0.2) is 58.2 Å². The van der Waals surface area contributed by atoms with Gasteiger partial charge in [-0.15, -0.1) is 10.2 Å². The molecular weight excluding hydrogens is 436 g/mol. The van der Waals surface area contributed by atoms with Crippen molar-refractivity contribution < 1.29 is 4.79 Å². The minimum absolute atomic E-state index is 0.0438. The van der Waals surface area contributed by atoms with Gasteiger partial charge < -0.3 is 9.88 Å². The van der Waals surface area contributed by atoms with Gasteiger partial charge in [0.05, 0.1) is 12.3 Å². The van der Waals surface area contributed by atoms with E-state index in [1.807, 2.05) is 43.3 Å². The molecule has 1 N–H and O–H groups in total. The molecule has 0 unspecified atom stereocenters. The van der Waals surface area contributed by atoms with Crippen LogP contribution in [0.5, 0.6) is 0 Å². The molecule has 28 heavy (non-hydrogen) atoms. The number of nitrogens with one attached hydrogen (secondary N) is 1. The van der Waals surface area contributed by atoms with Crippen molar-refractivity contribution in [3.63, 3.8) is 0 Å². The van der Waals surface area contributed by atoms with Gasteiger partial charge in [-0.2, -0.15) is 0 Å². The first kappa shape index (κ1) is 19.2. The Hall–Kier alpha value is -2.12. The van der Waals surface area contributed by atoms with E-state index in [-0.39, 0.29) is 5.91 Å². The fraction of sp³-hybridized carbons (Fsp3) is 0.286. The lowest BCUT2D eigenvalue weighted by Crippen LogP contribution is -2.15. The number of halogens is 1. The Balaban J connectivity index is 1.45. The minimum Gasteiger partial charge on any atom is -0.325 e. The van der Waals surface area contributed by atoms with E-state index >= 15 is 0 Å². The van der Waals surface area contributed by atoms with Crippen LogP contribution in [0.2, 0.25) is 0 Å². The Labute approximate surface area is 177 Å². The van der Waals surface area contributed by atoms with Crippen molar-refractivity contribution in [3.05, 3.63) is 70.0 Å². The highest BCUT2D eigenvalue weighted by Gasteiger charge is 2.30. The van der Waals surface area contributed by atoms with E-state index < -0.39 is 0 Å². The van der Waals surface area contributed by atoms with Crippen molar-refractivity contribution in [1.29, 1.82) is 0 Å². The summed E-state index contributed by atoms with van der Waals surface area (Å²) < 4.78 is 3.16. The van der Waals surface area contributed by atoms with Gasteiger partial charge in [-0.05, 0) is 49.1 Å². The van der Waals surface area contributed by atoms with Gasteiger partial charge in [-0.1, -0.05) is 58.0 Å². The number of rotatable bonds is 7. The van der Waals surface area contributed by atoms with Crippen LogP contribution in [0.25, 0.3) is 0 Å². The number of hydrogen-bond acceptors (Lipinski definition) is 4. The largest absolute Gasteiger partial charge is 0.325 e. The predicted octanol–water partition coefficient (Wildman–Crippen LogP) is 5.01. The van der Waals surface area contributed by atoms with Gasteiger partial charge in [0.2, 0.25) is 5.91 Å². The van der Waals surface area contributed by atoms with E-state index in [1.165, 1.54) is 30.2 Å². The highest BCUT2D eigenvalue weighted by Crippen LogP contribution is 2.40. The van der Waals surface area contributed by atoms with Crippen molar-refractivity contribution in [1.82, 2.24) is 14.8 Å². The van der Waals surface area contributed by atoms with E-state index in [2.05, 4.69) is 48.1 Å². The normalized spacial score (nSPS) is 13.5. The van der Waals surface area contributed by atoms with Crippen molar-refractivity contribution >= 4 is 39.3 Å². The first-order chi connectivity index (χ1) is 13.6. The maximum Gasteiger partial charge on any atom is 0.234 e. The molecule has 1 aliphatic carbocycles. The highest BCUT2D eigenvalue weighted by molar-refractivity contribution is 9.10. The Bertz CT molecular complexity index is 985. The standard InChI is InChI=1S/C21H21BrN4OS/c1-14-11-17(22)9-10-18(14)23-19(27)13-28-21-25-24-20(16-7-8-16)26(21)12-15-5-3-2-4-6-15/h2-6,9-11,16H,7-8,12-13H2,1H3,(H,23,27). The molecule has 1 heterocycles. The Morgan fingerprint density at radius 2 is 2.00 bits per heavy atom. The molecule has 1 saturated carbocycles. The third kappa shape index (κ3) is 4.64. The predicted molar refractivity (Wildman–Crippen MR) is 116 cm³/mol. The van der Waals surface area contributed by atoms with Crippen molar-refractivity contribution in [2.75, 3.05) is 11.1 Å². The van der Waals surface area contributed by atoms with Gasteiger partial charge in [0.1, 0.15) is 5.82 Å². The molecule has 7 heteroatoms. The Morgan fingerprint density at radius 1 is 1.21 bits per heavy atom. The number of amides is 1. The summed E-state index contributed by atoms with van der Waals surface area (Å²) in [6.45, 7) is 2.71. The van der Waals surface area contributed by atoms with Gasteiger partial charge in [-0.3, -0.25) is 4.79 Å². The Kier molecular flexibility index (Phi) is 5.82.